The first-order valence-corrected chi connectivity index (χ1v) is 9.03. The van der Waals surface area contributed by atoms with E-state index in [-0.39, 0.29) is 11.9 Å². The molecule has 1 heterocycles. The maximum absolute atomic E-state index is 12.0. The number of carbonyl (C=O) groups is 1. The van der Waals surface area contributed by atoms with E-state index in [1.807, 2.05) is 55.5 Å². The van der Waals surface area contributed by atoms with Crippen LogP contribution in [0.15, 0.2) is 48.5 Å². The van der Waals surface area contributed by atoms with Gasteiger partial charge in [0.25, 0.3) is 0 Å². The molecule has 0 radical (unpaired) electrons. The van der Waals surface area contributed by atoms with E-state index in [9.17, 15) is 10.1 Å². The SMILES string of the molecule is CCC(N)C(=O)NC1CCN(c2ccc(-c3ccccc3)cc2C#N)C1. The molecule has 0 spiro atoms. The van der Waals surface area contributed by atoms with Crippen LogP contribution in [0.2, 0.25) is 0 Å². The van der Waals surface area contributed by atoms with Gasteiger partial charge in [-0.3, -0.25) is 4.79 Å². The van der Waals surface area contributed by atoms with Crippen molar-refractivity contribution in [1.82, 2.24) is 5.32 Å². The Labute approximate surface area is 154 Å². The fraction of sp³-hybridized carbons (Fsp3) is 0.333. The second-order valence-electron chi connectivity index (χ2n) is 6.66. The first-order chi connectivity index (χ1) is 12.6. The van der Waals surface area contributed by atoms with Crippen LogP contribution in [-0.2, 0) is 4.79 Å². The van der Waals surface area contributed by atoms with Crippen LogP contribution in [0.5, 0.6) is 0 Å². The minimum atomic E-state index is -0.455. The molecule has 5 heteroatoms. The largest absolute Gasteiger partial charge is 0.368 e. The molecule has 2 aromatic carbocycles. The lowest BCUT2D eigenvalue weighted by molar-refractivity contribution is -0.123. The number of nitrogens with one attached hydrogen (secondary N) is 1. The number of rotatable bonds is 5. The van der Waals surface area contributed by atoms with Crippen molar-refractivity contribution < 1.29 is 4.79 Å². The molecule has 3 rings (SSSR count). The average Bonchev–Trinajstić information content (AvgIpc) is 3.15. The molecule has 3 N–H and O–H groups in total. The average molecular weight is 348 g/mol. The van der Waals surface area contributed by atoms with E-state index in [0.29, 0.717) is 18.5 Å². The van der Waals surface area contributed by atoms with Gasteiger partial charge in [0, 0.05) is 19.1 Å². The summed E-state index contributed by atoms with van der Waals surface area (Å²) in [6.45, 7) is 3.41. The maximum Gasteiger partial charge on any atom is 0.237 e. The number of nitrogens with zero attached hydrogens (tertiary/aromatic N) is 2. The summed E-state index contributed by atoms with van der Waals surface area (Å²) < 4.78 is 0. The molecule has 0 bridgehead atoms. The van der Waals surface area contributed by atoms with Crippen LogP contribution in [0.25, 0.3) is 11.1 Å². The van der Waals surface area contributed by atoms with Crippen molar-refractivity contribution >= 4 is 11.6 Å². The number of nitrogens with two attached hydrogens (primary N) is 1. The molecule has 0 saturated carbocycles. The van der Waals surface area contributed by atoms with Crippen LogP contribution in [0, 0.1) is 11.3 Å². The van der Waals surface area contributed by atoms with Gasteiger partial charge in [-0.15, -0.1) is 0 Å². The number of anilines is 1. The summed E-state index contributed by atoms with van der Waals surface area (Å²) >= 11 is 0. The van der Waals surface area contributed by atoms with E-state index in [2.05, 4.69) is 16.3 Å². The van der Waals surface area contributed by atoms with Gasteiger partial charge in [-0.1, -0.05) is 43.3 Å². The second kappa shape index (κ2) is 8.03. The van der Waals surface area contributed by atoms with Gasteiger partial charge in [0.1, 0.15) is 6.07 Å². The standard InChI is InChI=1S/C21H24N4O/c1-2-19(23)21(26)24-18-10-11-25(14-18)20-9-8-16(12-17(20)13-22)15-6-4-3-5-7-15/h3-9,12,18-19H,2,10-11,14,23H2,1H3,(H,24,26). The first kappa shape index (κ1) is 18.0. The summed E-state index contributed by atoms with van der Waals surface area (Å²) in [6.07, 6.45) is 1.48. The Morgan fingerprint density at radius 3 is 2.77 bits per heavy atom. The number of amides is 1. The molecule has 1 aliphatic rings. The Morgan fingerprint density at radius 1 is 1.31 bits per heavy atom. The van der Waals surface area contributed by atoms with E-state index in [4.69, 9.17) is 5.73 Å². The van der Waals surface area contributed by atoms with E-state index in [1.165, 1.54) is 0 Å². The molecular formula is C21H24N4O. The number of carbonyl (C=O) groups excluding carboxylic acids is 1. The third-order valence-electron chi connectivity index (χ3n) is 4.88. The summed E-state index contributed by atoms with van der Waals surface area (Å²) in [5.41, 5.74) is 9.49. The van der Waals surface area contributed by atoms with Gasteiger partial charge < -0.3 is 16.0 Å². The van der Waals surface area contributed by atoms with Crippen molar-refractivity contribution in [2.24, 2.45) is 5.73 Å². The fourth-order valence-electron chi connectivity index (χ4n) is 3.30. The van der Waals surface area contributed by atoms with E-state index in [1.54, 1.807) is 0 Å². The Bertz CT molecular complexity index is 813. The molecule has 1 amide bonds. The minimum absolute atomic E-state index is 0.0699. The lowest BCUT2D eigenvalue weighted by Gasteiger charge is -2.21. The molecule has 134 valence electrons. The van der Waals surface area contributed by atoms with Gasteiger partial charge in [-0.25, -0.2) is 0 Å². The molecule has 2 atom stereocenters. The van der Waals surface area contributed by atoms with Crippen LogP contribution < -0.4 is 16.0 Å². The highest BCUT2D eigenvalue weighted by molar-refractivity contribution is 5.82. The third kappa shape index (κ3) is 3.87. The van der Waals surface area contributed by atoms with Gasteiger partial charge in [0.15, 0.2) is 0 Å². The molecule has 0 aliphatic carbocycles. The molecule has 26 heavy (non-hydrogen) atoms. The topological polar surface area (TPSA) is 82.2 Å². The van der Waals surface area contributed by atoms with Crippen LogP contribution >= 0.6 is 0 Å². The first-order valence-electron chi connectivity index (χ1n) is 9.03. The summed E-state index contributed by atoms with van der Waals surface area (Å²) in [6, 6.07) is 17.9. The van der Waals surface area contributed by atoms with Gasteiger partial charge in [-0.05, 0) is 36.1 Å². The minimum Gasteiger partial charge on any atom is -0.368 e. The third-order valence-corrected chi connectivity index (χ3v) is 4.88. The highest BCUT2D eigenvalue weighted by atomic mass is 16.2. The fourth-order valence-corrected chi connectivity index (χ4v) is 3.30. The van der Waals surface area contributed by atoms with Crippen LogP contribution in [-0.4, -0.2) is 31.1 Å². The van der Waals surface area contributed by atoms with Crippen molar-refractivity contribution in [2.45, 2.75) is 31.8 Å². The Kier molecular flexibility index (Phi) is 5.55. The van der Waals surface area contributed by atoms with E-state index < -0.39 is 6.04 Å². The molecule has 2 aromatic rings. The Hall–Kier alpha value is -2.84. The van der Waals surface area contributed by atoms with Crippen molar-refractivity contribution in [3.8, 4) is 17.2 Å². The van der Waals surface area contributed by atoms with Gasteiger partial charge >= 0.3 is 0 Å². The van der Waals surface area contributed by atoms with Crippen LogP contribution in [0.3, 0.4) is 0 Å². The quantitative estimate of drug-likeness (QED) is 0.870. The molecular weight excluding hydrogens is 324 g/mol. The highest BCUT2D eigenvalue weighted by Crippen LogP contribution is 2.29. The van der Waals surface area contributed by atoms with Gasteiger partial charge in [0.05, 0.1) is 17.3 Å². The molecule has 1 fully saturated rings. The summed E-state index contributed by atoms with van der Waals surface area (Å²) in [5, 5.41) is 12.6. The maximum atomic E-state index is 12.0. The van der Waals surface area contributed by atoms with Gasteiger partial charge in [0.2, 0.25) is 5.91 Å². The predicted octanol–water partition coefficient (Wildman–Crippen LogP) is 2.66. The van der Waals surface area contributed by atoms with Gasteiger partial charge in [-0.2, -0.15) is 5.26 Å². The van der Waals surface area contributed by atoms with Crippen molar-refractivity contribution in [2.75, 3.05) is 18.0 Å². The zero-order valence-corrected chi connectivity index (χ0v) is 15.0. The lowest BCUT2D eigenvalue weighted by Crippen LogP contribution is -2.46. The van der Waals surface area contributed by atoms with E-state index in [0.717, 1.165) is 29.8 Å². The lowest BCUT2D eigenvalue weighted by atomic mass is 10.0. The predicted molar refractivity (Wildman–Crippen MR) is 104 cm³/mol. The van der Waals surface area contributed by atoms with Crippen LogP contribution in [0.4, 0.5) is 5.69 Å². The monoisotopic (exact) mass is 348 g/mol. The molecule has 1 aliphatic heterocycles. The number of hydrogen-bond donors (Lipinski definition) is 2. The normalized spacial score (nSPS) is 17.6. The van der Waals surface area contributed by atoms with Crippen LogP contribution in [0.1, 0.15) is 25.3 Å². The highest BCUT2D eigenvalue weighted by Gasteiger charge is 2.26. The second-order valence-corrected chi connectivity index (χ2v) is 6.66. The van der Waals surface area contributed by atoms with Crippen molar-refractivity contribution in [1.29, 1.82) is 5.26 Å². The molecule has 5 nitrogen and oxygen atoms in total. The summed E-state index contributed by atoms with van der Waals surface area (Å²) in [7, 11) is 0. The Morgan fingerprint density at radius 2 is 2.08 bits per heavy atom. The van der Waals surface area contributed by atoms with E-state index >= 15 is 0 Å². The molecule has 1 saturated heterocycles. The van der Waals surface area contributed by atoms with Crippen molar-refractivity contribution in [3.63, 3.8) is 0 Å². The zero-order valence-electron chi connectivity index (χ0n) is 15.0. The number of benzene rings is 2. The Balaban J connectivity index is 1.74. The smallest absolute Gasteiger partial charge is 0.237 e. The molecule has 2 unspecified atom stereocenters. The molecule has 0 aromatic heterocycles. The van der Waals surface area contributed by atoms with Crippen molar-refractivity contribution in [3.05, 3.63) is 54.1 Å². The summed E-state index contributed by atoms with van der Waals surface area (Å²) in [5.74, 6) is -0.0979. The summed E-state index contributed by atoms with van der Waals surface area (Å²) in [4.78, 5) is 14.2. The number of nitriles is 1. The zero-order chi connectivity index (χ0) is 18.5. The number of hydrogen-bond acceptors (Lipinski definition) is 4.